The Hall–Kier alpha value is -3.02. The van der Waals surface area contributed by atoms with Gasteiger partial charge in [-0.3, -0.25) is 4.79 Å². The quantitative estimate of drug-likeness (QED) is 0.730. The van der Waals surface area contributed by atoms with Gasteiger partial charge in [-0.1, -0.05) is 6.07 Å². The Bertz CT molecular complexity index is 929. The number of pyridine rings is 1. The Balaban J connectivity index is 2.11. The van der Waals surface area contributed by atoms with Crippen molar-refractivity contribution in [3.05, 3.63) is 48.2 Å². The molecule has 6 nitrogen and oxygen atoms in total. The second-order valence-corrected chi connectivity index (χ2v) is 5.60. The number of nitrogens with two attached hydrogens (primary N) is 1. The van der Waals surface area contributed by atoms with Crippen molar-refractivity contribution in [1.82, 2.24) is 4.40 Å². The van der Waals surface area contributed by atoms with Crippen molar-refractivity contribution >= 4 is 28.3 Å². The molecular weight excluding hydrogens is 308 g/mol. The third-order valence-electron chi connectivity index (χ3n) is 3.83. The summed E-state index contributed by atoms with van der Waals surface area (Å²) in [5, 5.41) is 0.781. The highest BCUT2D eigenvalue weighted by Gasteiger charge is 2.19. The molecule has 6 heteroatoms. The maximum Gasteiger partial charge on any atom is 0.340 e. The smallest absolute Gasteiger partial charge is 0.340 e. The first-order valence-corrected chi connectivity index (χ1v) is 7.57. The van der Waals surface area contributed by atoms with Gasteiger partial charge in [-0.05, 0) is 31.2 Å². The molecule has 0 aliphatic carbocycles. The molecule has 2 heterocycles. The molecule has 0 bridgehead atoms. The fourth-order valence-electron chi connectivity index (χ4n) is 2.86. The van der Waals surface area contributed by atoms with E-state index < -0.39 is 5.91 Å². The van der Waals surface area contributed by atoms with Gasteiger partial charge in [0.2, 0.25) is 5.91 Å². The van der Waals surface area contributed by atoms with Gasteiger partial charge in [0.1, 0.15) is 11.9 Å². The van der Waals surface area contributed by atoms with Gasteiger partial charge in [-0.25, -0.2) is 4.79 Å². The molecule has 124 valence electrons. The Labute approximate surface area is 138 Å². The number of benzene rings is 1. The van der Waals surface area contributed by atoms with Crippen LogP contribution in [0.15, 0.2) is 42.6 Å². The first-order chi connectivity index (χ1) is 11.5. The molecule has 2 aromatic heterocycles. The van der Waals surface area contributed by atoms with E-state index in [0.717, 1.165) is 16.4 Å². The van der Waals surface area contributed by atoms with Gasteiger partial charge >= 0.3 is 5.97 Å². The van der Waals surface area contributed by atoms with Crippen molar-refractivity contribution in [3.8, 4) is 5.75 Å². The van der Waals surface area contributed by atoms with E-state index in [9.17, 15) is 9.59 Å². The Morgan fingerprint density at radius 1 is 1.21 bits per heavy atom. The lowest BCUT2D eigenvalue weighted by molar-refractivity contribution is -0.119. The zero-order valence-corrected chi connectivity index (χ0v) is 13.5. The number of primary amides is 1. The second kappa shape index (κ2) is 6.23. The normalized spacial score (nSPS) is 12.2. The predicted octanol–water partition coefficient (Wildman–Crippen LogP) is 2.52. The molecule has 0 saturated heterocycles. The lowest BCUT2D eigenvalue weighted by Gasteiger charge is -2.13. The minimum atomic E-state index is -0.412. The van der Waals surface area contributed by atoms with Crippen molar-refractivity contribution in [1.29, 1.82) is 0 Å². The van der Waals surface area contributed by atoms with E-state index in [0.29, 0.717) is 11.3 Å². The number of esters is 1. The number of methoxy groups -OCH3 is 1. The number of nitrogens with zero attached hydrogens (tertiary/aromatic N) is 1. The third-order valence-corrected chi connectivity index (χ3v) is 3.83. The first-order valence-electron chi connectivity index (χ1n) is 7.57. The van der Waals surface area contributed by atoms with Gasteiger partial charge in [0, 0.05) is 17.6 Å². The van der Waals surface area contributed by atoms with Crippen molar-refractivity contribution < 1.29 is 19.1 Å². The van der Waals surface area contributed by atoms with E-state index in [2.05, 4.69) is 0 Å². The number of rotatable bonds is 5. The Morgan fingerprint density at radius 3 is 2.71 bits per heavy atom. The third kappa shape index (κ3) is 2.78. The van der Waals surface area contributed by atoms with Crippen LogP contribution >= 0.6 is 0 Å². The molecule has 0 saturated carbocycles. The van der Waals surface area contributed by atoms with E-state index in [4.69, 9.17) is 15.2 Å². The van der Waals surface area contributed by atoms with E-state index in [-0.39, 0.29) is 18.5 Å². The number of aromatic nitrogens is 1. The number of hydrogen-bond acceptors (Lipinski definition) is 4. The van der Waals surface area contributed by atoms with Crippen LogP contribution in [-0.2, 0) is 9.53 Å². The fraction of sp³-hybridized carbons (Fsp3) is 0.222. The zero-order valence-electron chi connectivity index (χ0n) is 13.5. The summed E-state index contributed by atoms with van der Waals surface area (Å²) in [5.74, 6) is -0.190. The van der Waals surface area contributed by atoms with Crippen LogP contribution < -0.4 is 10.5 Å². The van der Waals surface area contributed by atoms with Crippen LogP contribution in [-0.4, -0.2) is 29.5 Å². The topological polar surface area (TPSA) is 83.0 Å². The number of carbonyl (C=O) groups excluding carboxylic acids is 2. The summed E-state index contributed by atoms with van der Waals surface area (Å²) in [6, 6.07) is 11.0. The predicted molar refractivity (Wildman–Crippen MR) is 90.1 cm³/mol. The Kier molecular flexibility index (Phi) is 4.12. The molecule has 1 amide bonds. The summed E-state index contributed by atoms with van der Waals surface area (Å²) in [6.07, 6.45) is 1.69. The lowest BCUT2D eigenvalue weighted by atomic mass is 10.1. The Morgan fingerprint density at radius 2 is 2.00 bits per heavy atom. The molecule has 1 unspecified atom stereocenters. The van der Waals surface area contributed by atoms with Crippen molar-refractivity contribution in [2.24, 2.45) is 5.73 Å². The molecule has 0 fully saturated rings. The van der Waals surface area contributed by atoms with Crippen molar-refractivity contribution in [2.45, 2.75) is 19.4 Å². The van der Waals surface area contributed by atoms with Crippen LogP contribution in [0.3, 0.4) is 0 Å². The second-order valence-electron chi connectivity index (χ2n) is 5.60. The van der Waals surface area contributed by atoms with Gasteiger partial charge in [-0.2, -0.15) is 0 Å². The van der Waals surface area contributed by atoms with Crippen LogP contribution in [0.5, 0.6) is 5.75 Å². The number of hydrogen-bond donors (Lipinski definition) is 1. The molecule has 0 radical (unpaired) electrons. The van der Waals surface area contributed by atoms with Gasteiger partial charge in [0.25, 0.3) is 0 Å². The van der Waals surface area contributed by atoms with Crippen molar-refractivity contribution in [3.63, 3.8) is 0 Å². The lowest BCUT2D eigenvalue weighted by Crippen LogP contribution is -2.22. The molecule has 0 aliphatic rings. The maximum absolute atomic E-state index is 12.2. The van der Waals surface area contributed by atoms with Crippen LogP contribution in [0.4, 0.5) is 0 Å². The fourth-order valence-corrected chi connectivity index (χ4v) is 2.86. The zero-order chi connectivity index (χ0) is 17.3. The van der Waals surface area contributed by atoms with Gasteiger partial charge in [0.05, 0.1) is 30.1 Å². The van der Waals surface area contributed by atoms with E-state index in [1.807, 2.05) is 40.9 Å². The minimum Gasteiger partial charge on any atom is -0.490 e. The molecule has 24 heavy (non-hydrogen) atoms. The average Bonchev–Trinajstić information content (AvgIpc) is 2.87. The summed E-state index contributed by atoms with van der Waals surface area (Å²) in [7, 11) is 1.36. The molecule has 2 N–H and O–H groups in total. The standard InChI is InChI=1S/C18H18N2O4/c1-11(9-16(19)21)24-12-6-7-13-15(10-12)20-8-4-3-5-14(20)17(13)18(22)23-2/h3-8,10-11H,9H2,1-2H3,(H2,19,21). The van der Waals surface area contributed by atoms with E-state index in [1.54, 1.807) is 13.0 Å². The monoisotopic (exact) mass is 326 g/mol. The highest BCUT2D eigenvalue weighted by atomic mass is 16.5. The molecule has 3 aromatic rings. The molecule has 0 spiro atoms. The molecular formula is C18H18N2O4. The maximum atomic E-state index is 12.2. The summed E-state index contributed by atoms with van der Waals surface area (Å²) in [5.41, 5.74) is 7.30. The van der Waals surface area contributed by atoms with E-state index in [1.165, 1.54) is 7.11 Å². The molecule has 1 aromatic carbocycles. The highest BCUT2D eigenvalue weighted by Crippen LogP contribution is 2.30. The van der Waals surface area contributed by atoms with Crippen LogP contribution in [0.1, 0.15) is 23.7 Å². The van der Waals surface area contributed by atoms with Crippen molar-refractivity contribution in [2.75, 3.05) is 7.11 Å². The number of carbonyl (C=O) groups is 2. The number of fused-ring (bicyclic) bond motifs is 3. The van der Waals surface area contributed by atoms with Gasteiger partial charge in [0.15, 0.2) is 0 Å². The summed E-state index contributed by atoms with van der Waals surface area (Å²) in [6.45, 7) is 1.78. The largest absolute Gasteiger partial charge is 0.490 e. The number of ether oxygens (including phenoxy) is 2. The van der Waals surface area contributed by atoms with Gasteiger partial charge in [-0.15, -0.1) is 0 Å². The molecule has 3 rings (SSSR count). The molecule has 0 aliphatic heterocycles. The van der Waals surface area contributed by atoms with Crippen LogP contribution in [0.2, 0.25) is 0 Å². The summed E-state index contributed by atoms with van der Waals surface area (Å²) >= 11 is 0. The average molecular weight is 326 g/mol. The minimum absolute atomic E-state index is 0.139. The number of amides is 1. The van der Waals surface area contributed by atoms with E-state index >= 15 is 0 Å². The summed E-state index contributed by atoms with van der Waals surface area (Å²) in [4.78, 5) is 23.2. The van der Waals surface area contributed by atoms with Gasteiger partial charge < -0.3 is 19.6 Å². The molecule has 1 atom stereocenters. The highest BCUT2D eigenvalue weighted by molar-refractivity contribution is 6.11. The van der Waals surface area contributed by atoms with Crippen LogP contribution in [0, 0.1) is 0 Å². The first kappa shape index (κ1) is 15.9. The summed E-state index contributed by atoms with van der Waals surface area (Å²) < 4.78 is 12.6. The van der Waals surface area contributed by atoms with Crippen LogP contribution in [0.25, 0.3) is 16.4 Å². The SMILES string of the molecule is COC(=O)c1c2ccc(OC(C)CC(N)=O)cc2n2ccccc12.